The Labute approximate surface area is 212 Å². The number of fused-ring (bicyclic) bond motifs is 1. The number of aliphatic hydroxyl groups excluding tert-OH is 1. The van der Waals surface area contributed by atoms with Crippen molar-refractivity contribution in [3.63, 3.8) is 0 Å². The second kappa shape index (κ2) is 10.8. The highest BCUT2D eigenvalue weighted by molar-refractivity contribution is 8.02. The highest BCUT2D eigenvalue weighted by atomic mass is 32.2. The number of nitrogens with one attached hydrogen (secondary N) is 2. The van der Waals surface area contributed by atoms with Crippen LogP contribution in [0.25, 0.3) is 0 Å². The molecule has 3 saturated heterocycles. The maximum absolute atomic E-state index is 13.8. The monoisotopic (exact) mass is 502 g/mol. The Kier molecular flexibility index (Phi) is 7.96. The zero-order chi connectivity index (χ0) is 25.2. The van der Waals surface area contributed by atoms with Crippen LogP contribution in [0.5, 0.6) is 0 Å². The van der Waals surface area contributed by atoms with Crippen molar-refractivity contribution in [2.75, 3.05) is 43.5 Å². The highest BCUT2D eigenvalue weighted by Gasteiger charge is 2.73. The van der Waals surface area contributed by atoms with E-state index in [1.54, 1.807) is 23.7 Å². The number of aliphatic hydroxyl groups is 1. The molecule has 0 aromatic heterocycles. The first kappa shape index (κ1) is 25.8. The number of nitrogens with zero attached hydrogens (tertiary/aromatic N) is 2. The molecule has 9 heteroatoms. The summed E-state index contributed by atoms with van der Waals surface area (Å²) in [5.74, 6) is -1.21. The summed E-state index contributed by atoms with van der Waals surface area (Å²) in [4.78, 5) is 44.3. The van der Waals surface area contributed by atoms with Gasteiger partial charge in [0, 0.05) is 49.9 Å². The Bertz CT molecular complexity index is 938. The van der Waals surface area contributed by atoms with Crippen LogP contribution < -0.4 is 15.5 Å². The summed E-state index contributed by atoms with van der Waals surface area (Å²) in [6.07, 6.45) is 3.78. The van der Waals surface area contributed by atoms with E-state index in [-0.39, 0.29) is 29.6 Å². The SMILES string of the molecule is CCN(CC)c1ccc(NC(=O)C2N(CCCCCO)C(=O)[C@@H]3[C@@H](C(=O)NC)[C@H]4CCC23S4)cc1. The van der Waals surface area contributed by atoms with Crippen molar-refractivity contribution in [2.45, 2.75) is 62.0 Å². The summed E-state index contributed by atoms with van der Waals surface area (Å²) in [7, 11) is 1.61. The van der Waals surface area contributed by atoms with Gasteiger partial charge in [-0.2, -0.15) is 0 Å². The molecule has 3 N–H and O–H groups in total. The first-order valence-corrected chi connectivity index (χ1v) is 13.8. The second-order valence-corrected chi connectivity index (χ2v) is 11.3. The van der Waals surface area contributed by atoms with Crippen LogP contribution in [0.2, 0.25) is 0 Å². The molecule has 1 aromatic rings. The molecule has 35 heavy (non-hydrogen) atoms. The van der Waals surface area contributed by atoms with Crippen LogP contribution in [-0.4, -0.2) is 77.1 Å². The maximum atomic E-state index is 13.8. The van der Waals surface area contributed by atoms with Gasteiger partial charge in [-0.1, -0.05) is 0 Å². The number of likely N-dealkylation sites (tertiary alicyclic amines) is 1. The molecule has 2 bridgehead atoms. The molecule has 0 aliphatic carbocycles. The molecule has 3 fully saturated rings. The van der Waals surface area contributed by atoms with E-state index in [9.17, 15) is 14.4 Å². The predicted octanol–water partition coefficient (Wildman–Crippen LogP) is 2.47. The Morgan fingerprint density at radius 3 is 2.49 bits per heavy atom. The fourth-order valence-corrected chi connectivity index (χ4v) is 8.51. The average molecular weight is 503 g/mol. The van der Waals surface area contributed by atoms with E-state index < -0.39 is 22.6 Å². The second-order valence-electron chi connectivity index (χ2n) is 9.69. The highest BCUT2D eigenvalue weighted by Crippen LogP contribution is 2.66. The Morgan fingerprint density at radius 2 is 1.86 bits per heavy atom. The van der Waals surface area contributed by atoms with Crippen LogP contribution in [0.15, 0.2) is 24.3 Å². The third kappa shape index (κ3) is 4.53. The number of amides is 3. The molecule has 0 saturated carbocycles. The van der Waals surface area contributed by atoms with Crippen LogP contribution in [0.1, 0.15) is 46.0 Å². The molecular weight excluding hydrogens is 464 g/mol. The number of rotatable bonds is 11. The smallest absolute Gasteiger partial charge is 0.248 e. The summed E-state index contributed by atoms with van der Waals surface area (Å²) in [5.41, 5.74) is 1.81. The first-order chi connectivity index (χ1) is 16.9. The minimum atomic E-state index is -0.610. The van der Waals surface area contributed by atoms with Gasteiger partial charge in [0.15, 0.2) is 0 Å². The first-order valence-electron chi connectivity index (χ1n) is 12.9. The van der Waals surface area contributed by atoms with E-state index in [0.717, 1.165) is 44.5 Å². The molecule has 3 aliphatic heterocycles. The fraction of sp³-hybridized carbons (Fsp3) is 0.654. The number of benzene rings is 1. The lowest BCUT2D eigenvalue weighted by Gasteiger charge is -2.34. The van der Waals surface area contributed by atoms with Crippen molar-refractivity contribution >= 4 is 40.9 Å². The summed E-state index contributed by atoms with van der Waals surface area (Å²) in [6, 6.07) is 7.23. The van der Waals surface area contributed by atoms with Gasteiger partial charge >= 0.3 is 0 Å². The van der Waals surface area contributed by atoms with E-state index in [1.165, 1.54) is 0 Å². The van der Waals surface area contributed by atoms with E-state index in [4.69, 9.17) is 5.11 Å². The zero-order valence-electron chi connectivity index (χ0n) is 21.0. The molecule has 4 rings (SSSR count). The lowest BCUT2D eigenvalue weighted by atomic mass is 9.71. The zero-order valence-corrected chi connectivity index (χ0v) is 21.8. The molecule has 2 unspecified atom stereocenters. The molecule has 8 nitrogen and oxygen atoms in total. The minimum Gasteiger partial charge on any atom is -0.396 e. The van der Waals surface area contributed by atoms with E-state index in [1.807, 2.05) is 24.3 Å². The number of carbonyl (C=O) groups is 3. The predicted molar refractivity (Wildman–Crippen MR) is 139 cm³/mol. The van der Waals surface area contributed by atoms with Crippen LogP contribution >= 0.6 is 11.8 Å². The molecule has 3 aliphatic rings. The Morgan fingerprint density at radius 1 is 1.14 bits per heavy atom. The third-order valence-corrected chi connectivity index (χ3v) is 9.87. The third-order valence-electron chi connectivity index (χ3n) is 7.92. The Hall–Kier alpha value is -2.26. The van der Waals surface area contributed by atoms with Gasteiger partial charge in [-0.05, 0) is 70.2 Å². The van der Waals surface area contributed by atoms with Gasteiger partial charge in [0.1, 0.15) is 6.04 Å². The van der Waals surface area contributed by atoms with Crippen LogP contribution in [0, 0.1) is 11.8 Å². The van der Waals surface area contributed by atoms with E-state index in [2.05, 4.69) is 29.4 Å². The topological polar surface area (TPSA) is 102 Å². The van der Waals surface area contributed by atoms with E-state index >= 15 is 0 Å². The van der Waals surface area contributed by atoms with Gasteiger partial charge in [-0.25, -0.2) is 0 Å². The van der Waals surface area contributed by atoms with Gasteiger partial charge in [-0.15, -0.1) is 11.8 Å². The summed E-state index contributed by atoms with van der Waals surface area (Å²) >= 11 is 1.68. The van der Waals surface area contributed by atoms with Crippen molar-refractivity contribution in [1.82, 2.24) is 10.2 Å². The van der Waals surface area contributed by atoms with Gasteiger partial charge in [-0.3, -0.25) is 14.4 Å². The molecule has 1 aromatic carbocycles. The van der Waals surface area contributed by atoms with Gasteiger partial charge in [0.05, 0.1) is 16.6 Å². The lowest BCUT2D eigenvalue weighted by Crippen LogP contribution is -2.51. The molecule has 3 heterocycles. The van der Waals surface area contributed by atoms with Crippen LogP contribution in [0.3, 0.4) is 0 Å². The fourth-order valence-electron chi connectivity index (χ4n) is 6.29. The van der Waals surface area contributed by atoms with Gasteiger partial charge < -0.3 is 25.5 Å². The van der Waals surface area contributed by atoms with Crippen molar-refractivity contribution in [3.8, 4) is 0 Å². The average Bonchev–Trinajstić information content (AvgIpc) is 3.50. The molecule has 192 valence electrons. The van der Waals surface area contributed by atoms with Crippen molar-refractivity contribution < 1.29 is 19.5 Å². The number of thioether (sulfide) groups is 1. The number of hydrogen-bond donors (Lipinski definition) is 3. The number of anilines is 2. The summed E-state index contributed by atoms with van der Waals surface area (Å²) in [6.45, 7) is 6.62. The number of hydrogen-bond acceptors (Lipinski definition) is 6. The molecule has 0 radical (unpaired) electrons. The largest absolute Gasteiger partial charge is 0.396 e. The van der Waals surface area contributed by atoms with Crippen molar-refractivity contribution in [1.29, 1.82) is 0 Å². The van der Waals surface area contributed by atoms with Crippen molar-refractivity contribution in [3.05, 3.63) is 24.3 Å². The normalized spacial score (nSPS) is 28.8. The van der Waals surface area contributed by atoms with Crippen LogP contribution in [-0.2, 0) is 14.4 Å². The minimum absolute atomic E-state index is 0.0732. The van der Waals surface area contributed by atoms with Crippen molar-refractivity contribution in [2.24, 2.45) is 11.8 Å². The summed E-state index contributed by atoms with van der Waals surface area (Å²) in [5, 5.41) is 15.0. The van der Waals surface area contributed by atoms with Gasteiger partial charge in [0.2, 0.25) is 17.7 Å². The van der Waals surface area contributed by atoms with E-state index in [0.29, 0.717) is 18.7 Å². The molecular formula is C26H38N4O4S. The summed E-state index contributed by atoms with van der Waals surface area (Å²) < 4.78 is -0.568. The molecule has 3 amide bonds. The number of unbranched alkanes of at least 4 members (excludes halogenated alkanes) is 2. The molecule has 5 atom stereocenters. The quantitative estimate of drug-likeness (QED) is 0.402. The standard InChI is InChI=1S/C26H38N4O4S/c1-4-29(5-2)18-11-9-17(10-12-18)28-24(33)22-26-14-13-19(35-26)20(23(32)27-3)21(26)25(34)30(22)15-7-6-8-16-31/h9-12,19-22,31H,4-8,13-16H2,1-3H3,(H,27,32)(H,28,33)/t19-,20+,21+,22?,26?/m1/s1. The van der Waals surface area contributed by atoms with Gasteiger partial charge in [0.25, 0.3) is 0 Å². The Balaban J connectivity index is 1.59. The maximum Gasteiger partial charge on any atom is 0.248 e. The van der Waals surface area contributed by atoms with Crippen LogP contribution in [0.4, 0.5) is 11.4 Å². The lowest BCUT2D eigenvalue weighted by molar-refractivity contribution is -0.139. The molecule has 1 spiro atoms. The number of carbonyl (C=O) groups excluding carboxylic acids is 3.